The molecule has 3 heterocycles. The maximum atomic E-state index is 14.0. The molecular formula is C21H21FN4O3. The van der Waals surface area contributed by atoms with E-state index in [1.165, 1.54) is 12.1 Å². The average Bonchev–Trinajstić information content (AvgIpc) is 3.16. The van der Waals surface area contributed by atoms with E-state index in [2.05, 4.69) is 15.5 Å². The molecule has 150 valence electrons. The molecule has 2 aromatic rings. The molecule has 8 heteroatoms. The molecule has 1 aromatic heterocycles. The number of hydrogen-bond acceptors (Lipinski definition) is 5. The number of benzene rings is 1. The molecule has 1 spiro atoms. The fourth-order valence-electron chi connectivity index (χ4n) is 3.73. The molecule has 0 bridgehead atoms. The lowest BCUT2D eigenvalue weighted by Gasteiger charge is -2.38. The minimum absolute atomic E-state index is 0.0397. The Hall–Kier alpha value is -3.29. The number of rotatable bonds is 4. The third-order valence-electron chi connectivity index (χ3n) is 5.21. The molecule has 1 atom stereocenters. The van der Waals surface area contributed by atoms with Crippen molar-refractivity contribution in [1.82, 2.24) is 15.2 Å². The van der Waals surface area contributed by atoms with Crippen LogP contribution in [0.25, 0.3) is 0 Å². The minimum Gasteiger partial charge on any atom is -0.386 e. The summed E-state index contributed by atoms with van der Waals surface area (Å²) < 4.78 is 14.0. The molecule has 0 saturated carbocycles. The number of likely N-dealkylation sites (tertiary alicyclic amines) is 1. The van der Waals surface area contributed by atoms with Crippen LogP contribution in [-0.4, -0.2) is 46.1 Å². The van der Waals surface area contributed by atoms with E-state index in [0.29, 0.717) is 38.1 Å². The zero-order valence-electron chi connectivity index (χ0n) is 15.8. The van der Waals surface area contributed by atoms with Gasteiger partial charge in [-0.3, -0.25) is 14.6 Å². The first-order chi connectivity index (χ1) is 14.1. The van der Waals surface area contributed by atoms with Gasteiger partial charge in [-0.1, -0.05) is 23.4 Å². The highest BCUT2D eigenvalue weighted by Crippen LogP contribution is 2.34. The van der Waals surface area contributed by atoms with Crippen molar-refractivity contribution in [3.8, 4) is 0 Å². The predicted molar refractivity (Wildman–Crippen MR) is 103 cm³/mol. The monoisotopic (exact) mass is 396 g/mol. The smallest absolute Gasteiger partial charge is 0.269 e. The van der Waals surface area contributed by atoms with Crippen molar-refractivity contribution in [2.24, 2.45) is 5.16 Å². The molecule has 7 nitrogen and oxygen atoms in total. The van der Waals surface area contributed by atoms with E-state index in [-0.39, 0.29) is 23.9 Å². The number of aromatic nitrogens is 1. The highest BCUT2D eigenvalue weighted by atomic mass is 19.1. The summed E-state index contributed by atoms with van der Waals surface area (Å²) in [6.45, 7) is 1.13. The third kappa shape index (κ3) is 4.11. The number of carbonyl (C=O) groups is 2. The van der Waals surface area contributed by atoms with Crippen LogP contribution in [-0.2, 0) is 16.2 Å². The molecule has 29 heavy (non-hydrogen) atoms. The number of hydrogen-bond donors (Lipinski definition) is 1. The van der Waals surface area contributed by atoms with Crippen LogP contribution in [0.2, 0.25) is 0 Å². The average molecular weight is 396 g/mol. The summed E-state index contributed by atoms with van der Waals surface area (Å²) in [5, 5.41) is 6.80. The topological polar surface area (TPSA) is 83.9 Å². The van der Waals surface area contributed by atoms with Gasteiger partial charge in [0.2, 0.25) is 0 Å². The molecule has 2 aliphatic rings. The second-order valence-electron chi connectivity index (χ2n) is 7.34. The number of nitrogens with zero attached hydrogens (tertiary/aromatic N) is 3. The number of pyridine rings is 1. The van der Waals surface area contributed by atoms with Crippen LogP contribution in [0.15, 0.2) is 53.9 Å². The van der Waals surface area contributed by atoms with E-state index < -0.39 is 11.4 Å². The fourth-order valence-corrected chi connectivity index (χ4v) is 3.73. The van der Waals surface area contributed by atoms with E-state index in [1.54, 1.807) is 35.5 Å². The summed E-state index contributed by atoms with van der Waals surface area (Å²) in [5.74, 6) is -1.22. The number of halogens is 1. The molecule has 0 aliphatic carbocycles. The standard InChI is InChI=1S/C21H21FN4O3/c22-17-7-2-1-6-16(17)20(28)26-10-4-8-21(14-26)11-18(25-29-21)19(27)24-13-15-5-3-9-23-12-15/h1-3,5-7,9,12H,4,8,10-11,13-14H2,(H,24,27)/t21-/m0/s1. The Morgan fingerprint density at radius 1 is 1.24 bits per heavy atom. The highest BCUT2D eigenvalue weighted by Gasteiger charge is 2.45. The first kappa shape index (κ1) is 19.0. The van der Waals surface area contributed by atoms with Gasteiger partial charge in [0.15, 0.2) is 5.60 Å². The Labute approximate surface area is 167 Å². The van der Waals surface area contributed by atoms with E-state index in [4.69, 9.17) is 4.84 Å². The van der Waals surface area contributed by atoms with Crippen molar-refractivity contribution in [1.29, 1.82) is 0 Å². The van der Waals surface area contributed by atoms with Crippen LogP contribution < -0.4 is 5.32 Å². The highest BCUT2D eigenvalue weighted by molar-refractivity contribution is 6.39. The second-order valence-corrected chi connectivity index (χ2v) is 7.34. The van der Waals surface area contributed by atoms with Gasteiger partial charge in [-0.25, -0.2) is 4.39 Å². The molecule has 2 aliphatic heterocycles. The number of nitrogens with one attached hydrogen (secondary N) is 1. The Kier molecular flexibility index (Phi) is 5.24. The van der Waals surface area contributed by atoms with Gasteiger partial charge in [-0.2, -0.15) is 0 Å². The van der Waals surface area contributed by atoms with Gasteiger partial charge in [0, 0.05) is 31.9 Å². The fraction of sp³-hybridized carbons (Fsp3) is 0.333. The molecule has 1 fully saturated rings. The van der Waals surface area contributed by atoms with Crippen LogP contribution in [0.1, 0.15) is 35.2 Å². The molecule has 2 amide bonds. The van der Waals surface area contributed by atoms with Crippen molar-refractivity contribution in [2.45, 2.75) is 31.4 Å². The number of piperidine rings is 1. The maximum absolute atomic E-state index is 14.0. The molecule has 1 N–H and O–H groups in total. The minimum atomic E-state index is -0.736. The lowest BCUT2D eigenvalue weighted by atomic mass is 9.87. The summed E-state index contributed by atoms with van der Waals surface area (Å²) in [5.41, 5.74) is 0.488. The molecule has 0 unspecified atom stereocenters. The Bertz CT molecular complexity index is 950. The predicted octanol–water partition coefficient (Wildman–Crippen LogP) is 2.29. The second kappa shape index (κ2) is 7.98. The van der Waals surface area contributed by atoms with Gasteiger partial charge in [-0.15, -0.1) is 0 Å². The molecule has 1 saturated heterocycles. The Morgan fingerprint density at radius 2 is 2.10 bits per heavy atom. The molecular weight excluding hydrogens is 375 g/mol. The van der Waals surface area contributed by atoms with Crippen molar-refractivity contribution >= 4 is 17.5 Å². The summed E-state index contributed by atoms with van der Waals surface area (Å²) in [7, 11) is 0. The Morgan fingerprint density at radius 3 is 2.90 bits per heavy atom. The van der Waals surface area contributed by atoms with Crippen molar-refractivity contribution in [3.63, 3.8) is 0 Å². The van der Waals surface area contributed by atoms with Gasteiger partial charge in [0.05, 0.1) is 12.1 Å². The normalized spacial score (nSPS) is 20.9. The Balaban J connectivity index is 1.38. The van der Waals surface area contributed by atoms with Crippen LogP contribution >= 0.6 is 0 Å². The van der Waals surface area contributed by atoms with E-state index in [0.717, 1.165) is 5.56 Å². The SMILES string of the molecule is O=C(NCc1cccnc1)C1=NO[C@@]2(CCCN(C(=O)c3ccccc3F)C2)C1. The zero-order chi connectivity index (χ0) is 20.3. The summed E-state index contributed by atoms with van der Waals surface area (Å²) in [6, 6.07) is 9.60. The lowest BCUT2D eigenvalue weighted by molar-refractivity contribution is -0.115. The maximum Gasteiger partial charge on any atom is 0.269 e. The van der Waals surface area contributed by atoms with Crippen LogP contribution in [0.3, 0.4) is 0 Å². The van der Waals surface area contributed by atoms with Gasteiger partial charge in [-0.05, 0) is 36.6 Å². The van der Waals surface area contributed by atoms with Gasteiger partial charge >= 0.3 is 0 Å². The summed E-state index contributed by atoms with van der Waals surface area (Å²) in [4.78, 5) is 36.4. The first-order valence-corrected chi connectivity index (χ1v) is 9.52. The van der Waals surface area contributed by atoms with Gasteiger partial charge in [0.1, 0.15) is 11.5 Å². The largest absolute Gasteiger partial charge is 0.386 e. The van der Waals surface area contributed by atoms with Gasteiger partial charge < -0.3 is 15.1 Å². The summed E-state index contributed by atoms with van der Waals surface area (Å²) in [6.07, 6.45) is 5.04. The number of carbonyl (C=O) groups excluding carboxylic acids is 2. The first-order valence-electron chi connectivity index (χ1n) is 9.52. The zero-order valence-corrected chi connectivity index (χ0v) is 15.8. The quantitative estimate of drug-likeness (QED) is 0.860. The van der Waals surface area contributed by atoms with E-state index >= 15 is 0 Å². The van der Waals surface area contributed by atoms with Crippen molar-refractivity contribution in [3.05, 3.63) is 65.7 Å². The lowest BCUT2D eigenvalue weighted by Crippen LogP contribution is -2.51. The molecule has 1 aromatic carbocycles. The van der Waals surface area contributed by atoms with Crippen LogP contribution in [0.5, 0.6) is 0 Å². The molecule has 0 radical (unpaired) electrons. The third-order valence-corrected chi connectivity index (χ3v) is 5.21. The van der Waals surface area contributed by atoms with Crippen molar-refractivity contribution in [2.75, 3.05) is 13.1 Å². The van der Waals surface area contributed by atoms with Crippen LogP contribution in [0, 0.1) is 5.82 Å². The van der Waals surface area contributed by atoms with Crippen molar-refractivity contribution < 1.29 is 18.8 Å². The molecule has 4 rings (SSSR count). The van der Waals surface area contributed by atoms with Gasteiger partial charge in [0.25, 0.3) is 11.8 Å². The van der Waals surface area contributed by atoms with E-state index in [1.807, 2.05) is 6.07 Å². The number of amides is 2. The summed E-state index contributed by atoms with van der Waals surface area (Å²) >= 11 is 0. The van der Waals surface area contributed by atoms with E-state index in [9.17, 15) is 14.0 Å². The number of oxime groups is 1. The van der Waals surface area contributed by atoms with Crippen LogP contribution in [0.4, 0.5) is 4.39 Å².